The number of carbonyl (C=O) groups is 1. The quantitative estimate of drug-likeness (QED) is 0.578. The molecule has 0 aliphatic carbocycles. The van der Waals surface area contributed by atoms with E-state index < -0.39 is 5.54 Å². The molecule has 0 bridgehead atoms. The first-order valence-electron chi connectivity index (χ1n) is 5.09. The van der Waals surface area contributed by atoms with Gasteiger partial charge in [-0.15, -0.1) is 0 Å². The smallest absolute Gasteiger partial charge is 0.239 e. The average Bonchev–Trinajstić information content (AvgIpc) is 2.10. The van der Waals surface area contributed by atoms with Crippen LogP contribution in [0.15, 0.2) is 0 Å². The topological polar surface area (TPSA) is 75.3 Å². The molecular weight excluding hydrogens is 180 g/mol. The second-order valence-electron chi connectivity index (χ2n) is 4.22. The number of carbonyl (C=O) groups excluding carboxylic acids is 1. The summed E-state index contributed by atoms with van der Waals surface area (Å²) in [6.07, 6.45) is 1.67. The number of nitrogens with one attached hydrogen (secondary N) is 1. The third kappa shape index (κ3) is 5.19. The zero-order chi connectivity index (χ0) is 11.2. The molecule has 84 valence electrons. The maximum Gasteiger partial charge on any atom is 0.239 e. The van der Waals surface area contributed by atoms with E-state index in [2.05, 4.69) is 5.32 Å². The first kappa shape index (κ1) is 13.4. The van der Waals surface area contributed by atoms with Gasteiger partial charge in [0, 0.05) is 13.2 Å². The van der Waals surface area contributed by atoms with E-state index in [1.165, 1.54) is 0 Å². The summed E-state index contributed by atoms with van der Waals surface area (Å²) < 4.78 is 0. The number of aliphatic hydroxyl groups is 1. The summed E-state index contributed by atoms with van der Waals surface area (Å²) in [5.74, 6) is 0.195. The molecule has 0 fully saturated rings. The van der Waals surface area contributed by atoms with Crippen molar-refractivity contribution in [1.29, 1.82) is 0 Å². The van der Waals surface area contributed by atoms with Crippen LogP contribution in [0.5, 0.6) is 0 Å². The van der Waals surface area contributed by atoms with Crippen LogP contribution in [0.1, 0.15) is 33.6 Å². The van der Waals surface area contributed by atoms with Crippen molar-refractivity contribution < 1.29 is 9.90 Å². The molecule has 0 aromatic rings. The van der Waals surface area contributed by atoms with E-state index in [0.29, 0.717) is 12.5 Å². The molecule has 0 aliphatic rings. The fourth-order valence-electron chi connectivity index (χ4n) is 1.10. The van der Waals surface area contributed by atoms with Gasteiger partial charge in [-0.05, 0) is 26.2 Å². The molecule has 1 amide bonds. The predicted molar refractivity (Wildman–Crippen MR) is 56.8 cm³/mol. The van der Waals surface area contributed by atoms with Crippen molar-refractivity contribution in [2.75, 3.05) is 13.2 Å². The van der Waals surface area contributed by atoms with Gasteiger partial charge in [-0.25, -0.2) is 0 Å². The zero-order valence-corrected chi connectivity index (χ0v) is 9.34. The third-order valence-corrected chi connectivity index (χ3v) is 2.25. The standard InChI is InChI=1S/C10H22N2O2/c1-4-8(5-6-13)7-12-9(14)10(2,3)11/h8,13H,4-7,11H2,1-3H3,(H,12,14). The Morgan fingerprint density at radius 3 is 2.50 bits per heavy atom. The number of hydrogen-bond acceptors (Lipinski definition) is 3. The Kier molecular flexibility index (Phi) is 5.72. The van der Waals surface area contributed by atoms with Gasteiger partial charge in [0.1, 0.15) is 0 Å². The van der Waals surface area contributed by atoms with Crippen LogP contribution in [-0.2, 0) is 4.79 Å². The lowest BCUT2D eigenvalue weighted by atomic mass is 10.0. The third-order valence-electron chi connectivity index (χ3n) is 2.25. The molecule has 0 heterocycles. The van der Waals surface area contributed by atoms with Gasteiger partial charge in [0.05, 0.1) is 5.54 Å². The molecule has 0 spiro atoms. The maximum atomic E-state index is 11.4. The average molecular weight is 202 g/mol. The Bertz CT molecular complexity index is 175. The van der Waals surface area contributed by atoms with Crippen molar-refractivity contribution in [3.05, 3.63) is 0 Å². The first-order chi connectivity index (χ1) is 6.41. The van der Waals surface area contributed by atoms with Crippen molar-refractivity contribution in [2.45, 2.75) is 39.2 Å². The van der Waals surface area contributed by atoms with Gasteiger partial charge >= 0.3 is 0 Å². The summed E-state index contributed by atoms with van der Waals surface area (Å²) in [7, 11) is 0. The highest BCUT2D eigenvalue weighted by atomic mass is 16.3. The highest BCUT2D eigenvalue weighted by Gasteiger charge is 2.21. The van der Waals surface area contributed by atoms with Gasteiger partial charge in [0.25, 0.3) is 0 Å². The number of rotatable bonds is 6. The summed E-state index contributed by atoms with van der Waals surface area (Å²) in [6, 6.07) is 0. The number of aliphatic hydroxyl groups excluding tert-OH is 1. The molecule has 0 saturated carbocycles. The predicted octanol–water partition coefficient (Wildman–Crippen LogP) is 0.249. The van der Waals surface area contributed by atoms with E-state index in [-0.39, 0.29) is 12.5 Å². The molecule has 1 atom stereocenters. The molecule has 0 aromatic carbocycles. The van der Waals surface area contributed by atoms with Gasteiger partial charge in [-0.3, -0.25) is 4.79 Å². The minimum Gasteiger partial charge on any atom is -0.396 e. The van der Waals surface area contributed by atoms with Crippen LogP contribution < -0.4 is 11.1 Å². The molecule has 1 unspecified atom stereocenters. The van der Waals surface area contributed by atoms with Crippen molar-refractivity contribution in [3.8, 4) is 0 Å². The minimum absolute atomic E-state index is 0.145. The Hall–Kier alpha value is -0.610. The lowest BCUT2D eigenvalue weighted by Crippen LogP contribution is -2.50. The first-order valence-corrected chi connectivity index (χ1v) is 5.09. The normalized spacial score (nSPS) is 13.8. The van der Waals surface area contributed by atoms with Crippen LogP contribution in [-0.4, -0.2) is 29.7 Å². The summed E-state index contributed by atoms with van der Waals surface area (Å²) in [4.78, 5) is 11.4. The van der Waals surface area contributed by atoms with E-state index >= 15 is 0 Å². The summed E-state index contributed by atoms with van der Waals surface area (Å²) >= 11 is 0. The van der Waals surface area contributed by atoms with E-state index in [1.807, 2.05) is 6.92 Å². The molecule has 4 heteroatoms. The van der Waals surface area contributed by atoms with Gasteiger partial charge in [0.2, 0.25) is 5.91 Å². The molecule has 4 N–H and O–H groups in total. The Labute approximate surface area is 85.9 Å². The van der Waals surface area contributed by atoms with Gasteiger partial charge in [0.15, 0.2) is 0 Å². The van der Waals surface area contributed by atoms with Crippen LogP contribution in [0.2, 0.25) is 0 Å². The second-order valence-corrected chi connectivity index (χ2v) is 4.22. The van der Waals surface area contributed by atoms with Gasteiger partial charge in [-0.1, -0.05) is 13.3 Å². The molecule has 0 radical (unpaired) electrons. The SMILES string of the molecule is CCC(CCO)CNC(=O)C(C)(C)N. The summed E-state index contributed by atoms with van der Waals surface area (Å²) in [6.45, 7) is 6.15. The van der Waals surface area contributed by atoms with Crippen molar-refractivity contribution in [3.63, 3.8) is 0 Å². The Morgan fingerprint density at radius 1 is 1.57 bits per heavy atom. The number of nitrogens with two attached hydrogens (primary N) is 1. The maximum absolute atomic E-state index is 11.4. The monoisotopic (exact) mass is 202 g/mol. The van der Waals surface area contributed by atoms with Crippen LogP contribution in [0.4, 0.5) is 0 Å². The van der Waals surface area contributed by atoms with Crippen molar-refractivity contribution in [2.24, 2.45) is 11.7 Å². The van der Waals surface area contributed by atoms with E-state index in [9.17, 15) is 4.79 Å². The Morgan fingerprint density at radius 2 is 2.14 bits per heavy atom. The van der Waals surface area contributed by atoms with E-state index in [4.69, 9.17) is 10.8 Å². The number of amides is 1. The largest absolute Gasteiger partial charge is 0.396 e. The van der Waals surface area contributed by atoms with Crippen LogP contribution >= 0.6 is 0 Å². The minimum atomic E-state index is -0.822. The zero-order valence-electron chi connectivity index (χ0n) is 9.34. The highest BCUT2D eigenvalue weighted by molar-refractivity contribution is 5.84. The van der Waals surface area contributed by atoms with Crippen molar-refractivity contribution >= 4 is 5.91 Å². The van der Waals surface area contributed by atoms with Crippen LogP contribution in [0.3, 0.4) is 0 Å². The molecule has 0 saturated heterocycles. The van der Waals surface area contributed by atoms with Gasteiger partial charge in [-0.2, -0.15) is 0 Å². The molecule has 0 aliphatic heterocycles. The molecule has 0 aromatic heterocycles. The lowest BCUT2D eigenvalue weighted by Gasteiger charge is -2.20. The molecule has 0 rings (SSSR count). The summed E-state index contributed by atoms with van der Waals surface area (Å²) in [5, 5.41) is 11.5. The second kappa shape index (κ2) is 5.98. The van der Waals surface area contributed by atoms with Crippen LogP contribution in [0.25, 0.3) is 0 Å². The van der Waals surface area contributed by atoms with E-state index in [0.717, 1.165) is 12.8 Å². The Balaban J connectivity index is 3.85. The fraction of sp³-hybridized carbons (Fsp3) is 0.900. The number of hydrogen-bond donors (Lipinski definition) is 3. The van der Waals surface area contributed by atoms with Gasteiger partial charge < -0.3 is 16.2 Å². The van der Waals surface area contributed by atoms with E-state index in [1.54, 1.807) is 13.8 Å². The fourth-order valence-corrected chi connectivity index (χ4v) is 1.10. The summed E-state index contributed by atoms with van der Waals surface area (Å²) in [5.41, 5.74) is 4.80. The molecule has 4 nitrogen and oxygen atoms in total. The molecule has 14 heavy (non-hydrogen) atoms. The molecular formula is C10H22N2O2. The van der Waals surface area contributed by atoms with Crippen molar-refractivity contribution in [1.82, 2.24) is 5.32 Å². The van der Waals surface area contributed by atoms with Crippen LogP contribution in [0, 0.1) is 5.92 Å². The lowest BCUT2D eigenvalue weighted by molar-refractivity contribution is -0.125. The highest BCUT2D eigenvalue weighted by Crippen LogP contribution is 2.06.